The molecule has 0 aromatic carbocycles. The highest BCUT2D eigenvalue weighted by molar-refractivity contribution is 4.85. The fourth-order valence-electron chi connectivity index (χ4n) is 2.22. The lowest BCUT2D eigenvalue weighted by molar-refractivity contribution is 0.100. The van der Waals surface area contributed by atoms with Crippen LogP contribution in [-0.4, -0.2) is 37.0 Å². The summed E-state index contributed by atoms with van der Waals surface area (Å²) in [6.45, 7) is 11.5. The van der Waals surface area contributed by atoms with Crippen molar-refractivity contribution < 1.29 is 9.84 Å². The normalized spacial score (nSPS) is 15.0. The van der Waals surface area contributed by atoms with Crippen LogP contribution in [0.15, 0.2) is 0 Å². The molecule has 0 saturated carbocycles. The number of ether oxygens (including phenoxy) is 1. The maximum Gasteiger partial charge on any atom is 0.0613 e. The summed E-state index contributed by atoms with van der Waals surface area (Å²) < 4.78 is 5.64. The van der Waals surface area contributed by atoms with E-state index in [-0.39, 0.29) is 12.1 Å². The fraction of sp³-hybridized carbons (Fsp3) is 1.00. The minimum Gasteiger partial charge on any atom is -0.394 e. The number of rotatable bonds is 12. The van der Waals surface area contributed by atoms with Gasteiger partial charge in [-0.2, -0.15) is 0 Å². The third kappa shape index (κ3) is 8.06. The Balaban J connectivity index is 3.61. The van der Waals surface area contributed by atoms with Crippen molar-refractivity contribution >= 4 is 0 Å². The molecule has 0 radical (unpaired) electrons. The molecule has 0 rings (SSSR count). The Hall–Kier alpha value is -0.120. The molecule has 0 aromatic rings. The van der Waals surface area contributed by atoms with E-state index in [4.69, 9.17) is 4.74 Å². The van der Waals surface area contributed by atoms with E-state index in [1.807, 2.05) is 0 Å². The van der Waals surface area contributed by atoms with Crippen LogP contribution >= 0.6 is 0 Å². The molecular weight excluding hydrogens is 226 g/mol. The highest BCUT2D eigenvalue weighted by Gasteiger charge is 2.25. The van der Waals surface area contributed by atoms with Gasteiger partial charge in [0.15, 0.2) is 0 Å². The van der Waals surface area contributed by atoms with E-state index in [1.54, 1.807) is 0 Å². The molecule has 0 heterocycles. The molecule has 0 spiro atoms. The predicted octanol–water partition coefficient (Wildman–Crippen LogP) is 2.97. The molecule has 3 nitrogen and oxygen atoms in total. The highest BCUT2D eigenvalue weighted by atomic mass is 16.5. The van der Waals surface area contributed by atoms with E-state index < -0.39 is 0 Å². The van der Waals surface area contributed by atoms with Crippen molar-refractivity contribution in [3.63, 3.8) is 0 Å². The Kier molecular flexibility index (Phi) is 10.7. The van der Waals surface area contributed by atoms with Crippen molar-refractivity contribution in [3.05, 3.63) is 0 Å². The summed E-state index contributed by atoms with van der Waals surface area (Å²) in [6, 6.07) is 0. The van der Waals surface area contributed by atoms with Crippen LogP contribution in [0.1, 0.15) is 59.8 Å². The van der Waals surface area contributed by atoms with Gasteiger partial charge in [-0.05, 0) is 44.6 Å². The minimum atomic E-state index is -0.101. The number of aliphatic hydroxyl groups excluding tert-OH is 1. The highest BCUT2D eigenvalue weighted by Crippen LogP contribution is 2.16. The summed E-state index contributed by atoms with van der Waals surface area (Å²) in [6.07, 6.45) is 5.36. The van der Waals surface area contributed by atoms with E-state index in [1.165, 1.54) is 6.42 Å². The van der Waals surface area contributed by atoms with Gasteiger partial charge in [-0.25, -0.2) is 0 Å². The maximum absolute atomic E-state index is 9.51. The predicted molar refractivity (Wildman–Crippen MR) is 77.9 cm³/mol. The zero-order valence-electron chi connectivity index (χ0n) is 12.8. The van der Waals surface area contributed by atoms with Gasteiger partial charge in [0.2, 0.25) is 0 Å². The lowest BCUT2D eigenvalue weighted by Crippen LogP contribution is -2.48. The molecular formula is C15H33NO2. The van der Waals surface area contributed by atoms with Crippen molar-refractivity contribution in [2.75, 3.05) is 26.4 Å². The Bertz CT molecular complexity index is 179. The van der Waals surface area contributed by atoms with Crippen molar-refractivity contribution in [2.24, 2.45) is 5.92 Å². The quantitative estimate of drug-likeness (QED) is 0.529. The number of hydrogen-bond acceptors (Lipinski definition) is 3. The first-order valence-corrected chi connectivity index (χ1v) is 7.53. The summed E-state index contributed by atoms with van der Waals surface area (Å²) in [5.41, 5.74) is -0.101. The van der Waals surface area contributed by atoms with E-state index >= 15 is 0 Å². The van der Waals surface area contributed by atoms with Crippen molar-refractivity contribution in [1.82, 2.24) is 5.32 Å². The van der Waals surface area contributed by atoms with Gasteiger partial charge in [0, 0.05) is 18.8 Å². The first-order valence-electron chi connectivity index (χ1n) is 7.53. The molecule has 3 heteroatoms. The second-order valence-electron chi connectivity index (χ2n) is 5.57. The smallest absolute Gasteiger partial charge is 0.0613 e. The average molecular weight is 259 g/mol. The molecule has 0 aliphatic carbocycles. The van der Waals surface area contributed by atoms with E-state index in [9.17, 15) is 5.11 Å². The Morgan fingerprint density at radius 3 is 2.33 bits per heavy atom. The Morgan fingerprint density at radius 1 is 1.17 bits per heavy atom. The fourth-order valence-corrected chi connectivity index (χ4v) is 2.22. The first-order chi connectivity index (χ1) is 8.60. The summed E-state index contributed by atoms with van der Waals surface area (Å²) in [5, 5.41) is 12.9. The lowest BCUT2D eigenvalue weighted by Gasteiger charge is -2.31. The molecule has 110 valence electrons. The monoisotopic (exact) mass is 259 g/mol. The van der Waals surface area contributed by atoms with Crippen LogP contribution < -0.4 is 5.32 Å². The summed E-state index contributed by atoms with van der Waals surface area (Å²) in [7, 11) is 0. The lowest BCUT2D eigenvalue weighted by atomic mass is 9.91. The van der Waals surface area contributed by atoms with Crippen LogP contribution in [0.3, 0.4) is 0 Å². The summed E-state index contributed by atoms with van der Waals surface area (Å²) in [4.78, 5) is 0. The van der Waals surface area contributed by atoms with Crippen LogP contribution in [0, 0.1) is 5.92 Å². The van der Waals surface area contributed by atoms with Gasteiger partial charge in [-0.1, -0.05) is 27.7 Å². The van der Waals surface area contributed by atoms with Crippen LogP contribution in [0.5, 0.6) is 0 Å². The molecule has 0 fully saturated rings. The Labute approximate surface area is 113 Å². The third-order valence-electron chi connectivity index (χ3n) is 3.55. The van der Waals surface area contributed by atoms with Gasteiger partial charge in [-0.15, -0.1) is 0 Å². The number of hydrogen-bond donors (Lipinski definition) is 2. The van der Waals surface area contributed by atoms with E-state index in [2.05, 4.69) is 33.0 Å². The molecule has 0 amide bonds. The largest absolute Gasteiger partial charge is 0.394 e. The first kappa shape index (κ1) is 17.9. The molecule has 0 bridgehead atoms. The molecule has 2 N–H and O–H groups in total. The van der Waals surface area contributed by atoms with Gasteiger partial charge in [0.25, 0.3) is 0 Å². The third-order valence-corrected chi connectivity index (χ3v) is 3.55. The molecule has 0 aliphatic rings. The van der Waals surface area contributed by atoms with E-state index in [0.29, 0.717) is 0 Å². The molecule has 1 atom stereocenters. The SMILES string of the molecule is CCNC(CC)(CO)CCCOCCCC(C)C. The number of nitrogens with one attached hydrogen (secondary N) is 1. The van der Waals surface area contributed by atoms with Crippen molar-refractivity contribution in [2.45, 2.75) is 65.3 Å². The van der Waals surface area contributed by atoms with Gasteiger partial charge in [-0.3, -0.25) is 0 Å². The van der Waals surface area contributed by atoms with Crippen molar-refractivity contribution in [1.29, 1.82) is 0 Å². The zero-order chi connectivity index (χ0) is 13.9. The topological polar surface area (TPSA) is 41.5 Å². The van der Waals surface area contributed by atoms with Crippen LogP contribution in [0.2, 0.25) is 0 Å². The second kappa shape index (κ2) is 10.8. The summed E-state index contributed by atoms with van der Waals surface area (Å²) in [5.74, 6) is 0.768. The van der Waals surface area contributed by atoms with Gasteiger partial charge in [0.05, 0.1) is 6.61 Å². The zero-order valence-corrected chi connectivity index (χ0v) is 12.8. The molecule has 1 unspecified atom stereocenters. The van der Waals surface area contributed by atoms with Gasteiger partial charge < -0.3 is 15.2 Å². The van der Waals surface area contributed by atoms with Crippen LogP contribution in [0.4, 0.5) is 0 Å². The van der Waals surface area contributed by atoms with Crippen molar-refractivity contribution in [3.8, 4) is 0 Å². The molecule has 0 aliphatic heterocycles. The maximum atomic E-state index is 9.51. The standard InChI is InChI=1S/C15H33NO2/c1-5-15(13-17,16-6-2)10-8-12-18-11-7-9-14(3)4/h14,16-17H,5-13H2,1-4H3. The minimum absolute atomic E-state index is 0.101. The van der Waals surface area contributed by atoms with Crippen LogP contribution in [-0.2, 0) is 4.74 Å². The Morgan fingerprint density at radius 2 is 1.83 bits per heavy atom. The van der Waals surface area contributed by atoms with Crippen LogP contribution in [0.25, 0.3) is 0 Å². The number of likely N-dealkylation sites (N-methyl/N-ethyl adjacent to an activating group) is 1. The number of aliphatic hydroxyl groups is 1. The summed E-state index contributed by atoms with van der Waals surface area (Å²) >= 11 is 0. The van der Waals surface area contributed by atoms with Gasteiger partial charge >= 0.3 is 0 Å². The average Bonchev–Trinajstić information content (AvgIpc) is 2.36. The molecule has 0 aromatic heterocycles. The molecule has 18 heavy (non-hydrogen) atoms. The van der Waals surface area contributed by atoms with E-state index in [0.717, 1.165) is 51.4 Å². The second-order valence-corrected chi connectivity index (χ2v) is 5.57. The molecule has 0 saturated heterocycles. The van der Waals surface area contributed by atoms with Gasteiger partial charge in [0.1, 0.15) is 0 Å².